The van der Waals surface area contributed by atoms with Gasteiger partial charge in [0, 0.05) is 18.4 Å². The van der Waals surface area contributed by atoms with Crippen molar-refractivity contribution < 1.29 is 4.79 Å². The van der Waals surface area contributed by atoms with Gasteiger partial charge in [0.15, 0.2) is 0 Å². The van der Waals surface area contributed by atoms with Gasteiger partial charge >= 0.3 is 0 Å². The topological polar surface area (TPSA) is 66.9 Å². The van der Waals surface area contributed by atoms with Crippen molar-refractivity contribution in [3.05, 3.63) is 46.2 Å². The van der Waals surface area contributed by atoms with Crippen LogP contribution < -0.4 is 10.6 Å². The van der Waals surface area contributed by atoms with Crippen LogP contribution in [0.25, 0.3) is 0 Å². The first-order valence-corrected chi connectivity index (χ1v) is 7.41. The largest absolute Gasteiger partial charge is 0.352 e. The van der Waals surface area contributed by atoms with E-state index in [2.05, 4.69) is 20.6 Å². The highest BCUT2D eigenvalue weighted by Crippen LogP contribution is 2.27. The summed E-state index contributed by atoms with van der Waals surface area (Å²) in [6.07, 6.45) is 2.98. The standard InChI is InChI=1S/C16H19ClN4O/c1-9(2)20-16-18-7-12(8-19-16)15(22)21-14-11(4)5-10(3)6-13(14)17/h5-9H,1-4H3,(H,21,22)(H,18,19,20). The third-order valence-corrected chi connectivity index (χ3v) is 3.30. The molecule has 5 nitrogen and oxygen atoms in total. The SMILES string of the molecule is Cc1cc(C)c(NC(=O)c2cnc(NC(C)C)nc2)c(Cl)c1. The van der Waals surface area contributed by atoms with E-state index < -0.39 is 0 Å². The summed E-state index contributed by atoms with van der Waals surface area (Å²) in [5, 5.41) is 6.40. The minimum atomic E-state index is -0.287. The molecule has 2 rings (SSSR count). The summed E-state index contributed by atoms with van der Waals surface area (Å²) in [5.74, 6) is 0.209. The van der Waals surface area contributed by atoms with Gasteiger partial charge in [-0.25, -0.2) is 9.97 Å². The van der Waals surface area contributed by atoms with Gasteiger partial charge in [0.05, 0.1) is 16.3 Å². The number of rotatable bonds is 4. The molecule has 116 valence electrons. The van der Waals surface area contributed by atoms with Crippen molar-refractivity contribution in [2.45, 2.75) is 33.7 Å². The van der Waals surface area contributed by atoms with Gasteiger partial charge in [-0.2, -0.15) is 0 Å². The maximum absolute atomic E-state index is 12.3. The average Bonchev–Trinajstić information content (AvgIpc) is 2.42. The monoisotopic (exact) mass is 318 g/mol. The van der Waals surface area contributed by atoms with Crippen LogP contribution in [0.1, 0.15) is 35.3 Å². The van der Waals surface area contributed by atoms with Crippen LogP contribution in [0.5, 0.6) is 0 Å². The molecule has 1 aromatic heterocycles. The molecule has 1 aromatic carbocycles. The zero-order valence-electron chi connectivity index (χ0n) is 13.1. The second-order valence-electron chi connectivity index (χ2n) is 5.49. The van der Waals surface area contributed by atoms with Crippen molar-refractivity contribution in [1.82, 2.24) is 9.97 Å². The molecule has 2 N–H and O–H groups in total. The molecular weight excluding hydrogens is 300 g/mol. The van der Waals surface area contributed by atoms with E-state index in [1.165, 1.54) is 12.4 Å². The number of carbonyl (C=O) groups is 1. The van der Waals surface area contributed by atoms with E-state index in [-0.39, 0.29) is 11.9 Å². The molecule has 0 aliphatic carbocycles. The number of halogens is 1. The van der Waals surface area contributed by atoms with Gasteiger partial charge in [0.25, 0.3) is 5.91 Å². The zero-order valence-corrected chi connectivity index (χ0v) is 13.8. The van der Waals surface area contributed by atoms with Crippen LogP contribution in [0.4, 0.5) is 11.6 Å². The number of nitrogens with one attached hydrogen (secondary N) is 2. The highest BCUT2D eigenvalue weighted by atomic mass is 35.5. The summed E-state index contributed by atoms with van der Waals surface area (Å²) in [6, 6.07) is 4.01. The minimum absolute atomic E-state index is 0.230. The second kappa shape index (κ2) is 6.75. The molecule has 0 unspecified atom stereocenters. The van der Waals surface area contributed by atoms with Gasteiger partial charge in [-0.05, 0) is 44.9 Å². The maximum Gasteiger partial charge on any atom is 0.258 e. The van der Waals surface area contributed by atoms with Crippen molar-refractivity contribution >= 4 is 29.1 Å². The Labute approximate surface area is 135 Å². The number of amides is 1. The molecule has 0 atom stereocenters. The Morgan fingerprint density at radius 1 is 1.18 bits per heavy atom. The first-order chi connectivity index (χ1) is 10.4. The molecule has 0 radical (unpaired) electrons. The second-order valence-corrected chi connectivity index (χ2v) is 5.89. The Bertz CT molecular complexity index is 660. The normalized spacial score (nSPS) is 10.6. The van der Waals surface area contributed by atoms with E-state index in [4.69, 9.17) is 11.6 Å². The van der Waals surface area contributed by atoms with Crippen LogP contribution >= 0.6 is 11.6 Å². The maximum atomic E-state index is 12.3. The number of carbonyl (C=O) groups excluding carboxylic acids is 1. The third kappa shape index (κ3) is 3.95. The Morgan fingerprint density at radius 3 is 2.36 bits per heavy atom. The van der Waals surface area contributed by atoms with E-state index >= 15 is 0 Å². The molecule has 0 aliphatic rings. The Kier molecular flexibility index (Phi) is 4.98. The number of nitrogens with zero attached hydrogens (tertiary/aromatic N) is 2. The highest BCUT2D eigenvalue weighted by molar-refractivity contribution is 6.34. The number of hydrogen-bond donors (Lipinski definition) is 2. The van der Waals surface area contributed by atoms with Crippen molar-refractivity contribution in [2.75, 3.05) is 10.6 Å². The van der Waals surface area contributed by atoms with Crippen molar-refractivity contribution in [2.24, 2.45) is 0 Å². The van der Waals surface area contributed by atoms with Crippen LogP contribution in [-0.2, 0) is 0 Å². The summed E-state index contributed by atoms with van der Waals surface area (Å²) in [4.78, 5) is 20.5. The fraction of sp³-hybridized carbons (Fsp3) is 0.312. The van der Waals surface area contributed by atoms with Crippen LogP contribution in [0.2, 0.25) is 5.02 Å². The molecule has 1 heterocycles. The molecule has 0 aliphatic heterocycles. The average molecular weight is 319 g/mol. The molecule has 0 saturated carbocycles. The Hall–Kier alpha value is -2.14. The first-order valence-electron chi connectivity index (χ1n) is 7.03. The smallest absolute Gasteiger partial charge is 0.258 e. The number of aryl methyl sites for hydroxylation is 2. The summed E-state index contributed by atoms with van der Waals surface area (Å²) in [7, 11) is 0. The third-order valence-electron chi connectivity index (χ3n) is 3.00. The molecule has 0 spiro atoms. The predicted octanol–water partition coefficient (Wildman–Crippen LogP) is 3.82. The number of aromatic nitrogens is 2. The van der Waals surface area contributed by atoms with Gasteiger partial charge in [0.1, 0.15) is 0 Å². The van der Waals surface area contributed by atoms with Crippen LogP contribution in [0, 0.1) is 13.8 Å². The predicted molar refractivity (Wildman–Crippen MR) is 89.7 cm³/mol. The lowest BCUT2D eigenvalue weighted by atomic mass is 10.1. The van der Waals surface area contributed by atoms with Crippen molar-refractivity contribution in [3.8, 4) is 0 Å². The molecule has 1 amide bonds. The van der Waals surface area contributed by atoms with Crippen LogP contribution in [0.3, 0.4) is 0 Å². The van der Waals surface area contributed by atoms with E-state index in [1.54, 1.807) is 0 Å². The van der Waals surface area contributed by atoms with E-state index in [9.17, 15) is 4.79 Å². The Balaban J connectivity index is 2.16. The van der Waals surface area contributed by atoms with Gasteiger partial charge in [-0.3, -0.25) is 4.79 Å². The zero-order chi connectivity index (χ0) is 16.3. The molecule has 6 heteroatoms. The molecular formula is C16H19ClN4O. The molecule has 22 heavy (non-hydrogen) atoms. The van der Waals surface area contributed by atoms with Gasteiger partial charge in [-0.15, -0.1) is 0 Å². The summed E-state index contributed by atoms with van der Waals surface area (Å²) < 4.78 is 0. The van der Waals surface area contributed by atoms with Crippen LogP contribution in [0.15, 0.2) is 24.5 Å². The highest BCUT2D eigenvalue weighted by Gasteiger charge is 2.12. The fourth-order valence-corrected chi connectivity index (χ4v) is 2.41. The van der Waals surface area contributed by atoms with Crippen molar-refractivity contribution in [1.29, 1.82) is 0 Å². The van der Waals surface area contributed by atoms with Gasteiger partial charge < -0.3 is 10.6 Å². The van der Waals surface area contributed by atoms with Gasteiger partial charge in [-0.1, -0.05) is 17.7 Å². The quantitative estimate of drug-likeness (QED) is 0.899. The molecule has 0 bridgehead atoms. The lowest BCUT2D eigenvalue weighted by molar-refractivity contribution is 0.102. The number of hydrogen-bond acceptors (Lipinski definition) is 4. The lowest BCUT2D eigenvalue weighted by Crippen LogP contribution is -2.16. The Morgan fingerprint density at radius 2 is 1.82 bits per heavy atom. The molecule has 0 fully saturated rings. The van der Waals surface area contributed by atoms with Crippen molar-refractivity contribution in [3.63, 3.8) is 0 Å². The minimum Gasteiger partial charge on any atom is -0.352 e. The first kappa shape index (κ1) is 16.2. The summed E-state index contributed by atoms with van der Waals surface area (Å²) in [5.41, 5.74) is 2.96. The fourth-order valence-electron chi connectivity index (χ4n) is 2.04. The number of anilines is 2. The number of benzene rings is 1. The van der Waals surface area contributed by atoms with E-state index in [0.717, 1.165) is 11.1 Å². The molecule has 0 saturated heterocycles. The van der Waals surface area contributed by atoms with E-state index in [0.29, 0.717) is 22.2 Å². The summed E-state index contributed by atoms with van der Waals surface area (Å²) >= 11 is 6.19. The van der Waals surface area contributed by atoms with Crippen LogP contribution in [-0.4, -0.2) is 21.9 Å². The van der Waals surface area contributed by atoms with E-state index in [1.807, 2.05) is 39.8 Å². The lowest BCUT2D eigenvalue weighted by Gasteiger charge is -2.12. The van der Waals surface area contributed by atoms with Gasteiger partial charge in [0.2, 0.25) is 5.95 Å². The molecule has 2 aromatic rings. The summed E-state index contributed by atoms with van der Waals surface area (Å²) in [6.45, 7) is 7.84.